The number of aryl methyl sites for hydroxylation is 1. The second-order valence-corrected chi connectivity index (χ2v) is 7.21. The van der Waals surface area contributed by atoms with E-state index < -0.39 is 6.10 Å². The number of rotatable bonds is 6. The molecule has 0 radical (unpaired) electrons. The number of carbonyl (C=O) groups excluding carboxylic acids is 1. The van der Waals surface area contributed by atoms with Crippen molar-refractivity contribution in [2.24, 2.45) is 5.16 Å². The highest BCUT2D eigenvalue weighted by Crippen LogP contribution is 2.26. The average molecular weight is 400 g/mol. The first-order valence-corrected chi connectivity index (χ1v) is 10.1. The number of aliphatic hydroxyl groups excluding tert-OH is 1. The fourth-order valence-corrected chi connectivity index (χ4v) is 3.69. The Morgan fingerprint density at radius 2 is 1.63 bits per heavy atom. The lowest BCUT2D eigenvalue weighted by Crippen LogP contribution is -2.37. The van der Waals surface area contributed by atoms with Gasteiger partial charge in [-0.2, -0.15) is 0 Å². The van der Waals surface area contributed by atoms with Gasteiger partial charge in [-0.25, -0.2) is 0 Å². The fraction of sp³-hybridized carbons (Fsp3) is 0.200. The number of nitrogens with zero attached hydrogens (tertiary/aromatic N) is 2. The Labute approximate surface area is 176 Å². The van der Waals surface area contributed by atoms with Crippen LogP contribution in [0.15, 0.2) is 90.1 Å². The van der Waals surface area contributed by atoms with Gasteiger partial charge in [-0.1, -0.05) is 84.0 Å². The van der Waals surface area contributed by atoms with Gasteiger partial charge in [-0.3, -0.25) is 4.79 Å². The van der Waals surface area contributed by atoms with Gasteiger partial charge in [0.15, 0.2) is 6.61 Å². The van der Waals surface area contributed by atoms with E-state index in [0.29, 0.717) is 17.8 Å². The molecule has 0 fully saturated rings. The van der Waals surface area contributed by atoms with Crippen LogP contribution in [0.25, 0.3) is 0 Å². The van der Waals surface area contributed by atoms with E-state index in [1.165, 1.54) is 5.56 Å². The summed E-state index contributed by atoms with van der Waals surface area (Å²) in [5.74, 6) is -0.146. The van der Waals surface area contributed by atoms with E-state index >= 15 is 0 Å². The Kier molecular flexibility index (Phi) is 6.20. The van der Waals surface area contributed by atoms with Crippen molar-refractivity contribution >= 4 is 17.3 Å². The van der Waals surface area contributed by atoms with E-state index in [2.05, 4.69) is 11.2 Å². The lowest BCUT2D eigenvalue weighted by molar-refractivity contribution is -0.123. The largest absolute Gasteiger partial charge is 0.385 e. The van der Waals surface area contributed by atoms with Gasteiger partial charge < -0.3 is 14.8 Å². The van der Waals surface area contributed by atoms with Gasteiger partial charge in [-0.05, 0) is 30.0 Å². The van der Waals surface area contributed by atoms with Crippen LogP contribution in [0.5, 0.6) is 0 Å². The van der Waals surface area contributed by atoms with Crippen LogP contribution in [0, 0.1) is 0 Å². The number of anilines is 1. The first kappa shape index (κ1) is 19.9. The minimum absolute atomic E-state index is 0.146. The van der Waals surface area contributed by atoms with Crippen molar-refractivity contribution in [2.75, 3.05) is 18.1 Å². The number of hydrogen-bond acceptors (Lipinski definition) is 4. The van der Waals surface area contributed by atoms with E-state index in [1.54, 1.807) is 4.90 Å². The maximum atomic E-state index is 12.8. The number of carbonyl (C=O) groups is 1. The molecule has 0 spiro atoms. The molecule has 0 aliphatic carbocycles. The van der Waals surface area contributed by atoms with Crippen LogP contribution in [-0.4, -0.2) is 29.9 Å². The van der Waals surface area contributed by atoms with Gasteiger partial charge in [0.2, 0.25) is 0 Å². The lowest BCUT2D eigenvalue weighted by Gasteiger charge is -2.29. The Balaban J connectivity index is 1.52. The third-order valence-electron chi connectivity index (χ3n) is 5.21. The van der Waals surface area contributed by atoms with Crippen LogP contribution in [0.2, 0.25) is 0 Å². The molecule has 0 bridgehead atoms. The first-order valence-electron chi connectivity index (χ1n) is 10.1. The topological polar surface area (TPSA) is 62.1 Å². The number of amides is 1. The maximum absolute atomic E-state index is 12.8. The summed E-state index contributed by atoms with van der Waals surface area (Å²) in [7, 11) is 0. The number of para-hydroxylation sites is 1. The molecule has 3 aromatic rings. The summed E-state index contributed by atoms with van der Waals surface area (Å²) in [6.07, 6.45) is 0.938. The molecule has 0 saturated heterocycles. The Hall–Kier alpha value is -3.44. The summed E-state index contributed by atoms with van der Waals surface area (Å²) in [6.45, 7) is 0.479. The monoisotopic (exact) mass is 400 g/mol. The number of oxime groups is 1. The quantitative estimate of drug-likeness (QED) is 0.500. The summed E-state index contributed by atoms with van der Waals surface area (Å²) < 4.78 is 0. The summed E-state index contributed by atoms with van der Waals surface area (Å²) in [5, 5.41) is 15.1. The minimum atomic E-state index is -0.959. The molecule has 5 heteroatoms. The van der Waals surface area contributed by atoms with Crippen molar-refractivity contribution in [3.8, 4) is 0 Å². The van der Waals surface area contributed by atoms with Crippen LogP contribution < -0.4 is 4.90 Å². The van der Waals surface area contributed by atoms with Gasteiger partial charge in [0.1, 0.15) is 11.8 Å². The highest BCUT2D eigenvalue weighted by molar-refractivity contribution is 6.04. The SMILES string of the molecule is O=C(CO/N=C(/c1ccccc1)[C@@H](O)c1ccccc1)N1CCCc2ccccc21. The van der Waals surface area contributed by atoms with E-state index in [0.717, 1.165) is 24.1 Å². The molecule has 1 N–H and O–H groups in total. The van der Waals surface area contributed by atoms with E-state index in [-0.39, 0.29) is 12.5 Å². The van der Waals surface area contributed by atoms with Crippen molar-refractivity contribution in [3.05, 3.63) is 102 Å². The first-order chi connectivity index (χ1) is 14.7. The van der Waals surface area contributed by atoms with Crippen molar-refractivity contribution in [1.82, 2.24) is 0 Å². The van der Waals surface area contributed by atoms with E-state index in [4.69, 9.17) is 4.84 Å². The fourth-order valence-electron chi connectivity index (χ4n) is 3.69. The Morgan fingerprint density at radius 3 is 2.40 bits per heavy atom. The van der Waals surface area contributed by atoms with Crippen molar-refractivity contribution in [3.63, 3.8) is 0 Å². The highest BCUT2D eigenvalue weighted by Gasteiger charge is 2.23. The molecular weight excluding hydrogens is 376 g/mol. The molecule has 0 saturated carbocycles. The number of fused-ring (bicyclic) bond motifs is 1. The third-order valence-corrected chi connectivity index (χ3v) is 5.21. The summed E-state index contributed by atoms with van der Waals surface area (Å²) in [6, 6.07) is 26.6. The normalized spacial score (nSPS) is 14.7. The van der Waals surface area contributed by atoms with Crippen LogP contribution in [0.3, 0.4) is 0 Å². The smallest absolute Gasteiger partial charge is 0.267 e. The van der Waals surface area contributed by atoms with Crippen LogP contribution in [0.1, 0.15) is 29.2 Å². The standard InChI is InChI=1S/C25H24N2O3/c28-23(27-17-9-15-19-10-7-8-16-22(19)27)18-30-26-24(20-11-3-1-4-12-20)25(29)21-13-5-2-6-14-21/h1-8,10-14,16,25,29H,9,15,17-18H2/b26-24-/t25-/m0/s1. The van der Waals surface area contributed by atoms with Crippen LogP contribution >= 0.6 is 0 Å². The molecule has 3 aromatic carbocycles. The Morgan fingerprint density at radius 1 is 0.967 bits per heavy atom. The maximum Gasteiger partial charge on any atom is 0.267 e. The van der Waals surface area contributed by atoms with Crippen molar-refractivity contribution in [2.45, 2.75) is 18.9 Å². The predicted octanol–water partition coefficient (Wildman–Crippen LogP) is 4.12. The van der Waals surface area contributed by atoms with Crippen LogP contribution in [-0.2, 0) is 16.1 Å². The predicted molar refractivity (Wildman–Crippen MR) is 117 cm³/mol. The molecule has 1 aliphatic heterocycles. The molecule has 1 aliphatic rings. The number of hydrogen-bond donors (Lipinski definition) is 1. The molecular formula is C25H24N2O3. The minimum Gasteiger partial charge on any atom is -0.385 e. The van der Waals surface area contributed by atoms with Gasteiger partial charge >= 0.3 is 0 Å². The molecule has 0 aromatic heterocycles. The highest BCUT2D eigenvalue weighted by atomic mass is 16.6. The molecule has 1 heterocycles. The van der Waals surface area contributed by atoms with Gasteiger partial charge in [0, 0.05) is 17.8 Å². The lowest BCUT2D eigenvalue weighted by atomic mass is 9.99. The van der Waals surface area contributed by atoms with E-state index in [9.17, 15) is 9.90 Å². The summed E-state index contributed by atoms with van der Waals surface area (Å²) in [4.78, 5) is 20.0. The number of aliphatic hydroxyl groups is 1. The van der Waals surface area contributed by atoms with Gasteiger partial charge in [0.05, 0.1) is 0 Å². The second-order valence-electron chi connectivity index (χ2n) is 7.21. The zero-order valence-corrected chi connectivity index (χ0v) is 16.6. The summed E-state index contributed by atoms with van der Waals surface area (Å²) >= 11 is 0. The van der Waals surface area contributed by atoms with E-state index in [1.807, 2.05) is 78.9 Å². The molecule has 4 rings (SSSR count). The van der Waals surface area contributed by atoms with Gasteiger partial charge in [0.25, 0.3) is 5.91 Å². The summed E-state index contributed by atoms with van der Waals surface area (Å²) in [5.41, 5.74) is 3.93. The molecule has 152 valence electrons. The second kappa shape index (κ2) is 9.37. The van der Waals surface area contributed by atoms with Crippen molar-refractivity contribution < 1.29 is 14.7 Å². The zero-order valence-electron chi connectivity index (χ0n) is 16.6. The third kappa shape index (κ3) is 4.42. The zero-order chi connectivity index (χ0) is 20.8. The molecule has 1 amide bonds. The molecule has 0 unspecified atom stereocenters. The van der Waals surface area contributed by atoms with Gasteiger partial charge in [-0.15, -0.1) is 0 Å². The molecule has 30 heavy (non-hydrogen) atoms. The number of benzene rings is 3. The molecule has 1 atom stereocenters. The Bertz CT molecular complexity index is 1020. The van der Waals surface area contributed by atoms with Crippen LogP contribution in [0.4, 0.5) is 5.69 Å². The average Bonchev–Trinajstić information content (AvgIpc) is 2.82. The molecule has 5 nitrogen and oxygen atoms in total. The van der Waals surface area contributed by atoms with Crippen molar-refractivity contribution in [1.29, 1.82) is 0 Å².